The Morgan fingerprint density at radius 3 is 2.60 bits per heavy atom. The highest BCUT2D eigenvalue weighted by molar-refractivity contribution is 8.13. The Hall–Kier alpha value is -0.390. The Kier molecular flexibility index (Phi) is 3.92. The Balaban J connectivity index is 2.27. The predicted octanol–water partition coefficient (Wildman–Crippen LogP) is 2.66. The number of halogens is 3. The second kappa shape index (κ2) is 4.63. The number of alkyl halides is 3. The molecule has 0 saturated heterocycles. The van der Waals surface area contributed by atoms with Crippen molar-refractivity contribution in [3.8, 4) is 0 Å². The van der Waals surface area contributed by atoms with Gasteiger partial charge in [0.05, 0.1) is 6.42 Å². The maximum absolute atomic E-state index is 11.8. The fraction of sp³-hybridized carbons (Fsp3) is 0.889. The monoisotopic (exact) mass is 240 g/mol. The molecule has 0 aromatic heterocycles. The second-order valence-corrected chi connectivity index (χ2v) is 5.33. The highest BCUT2D eigenvalue weighted by Gasteiger charge is 2.27. The average Bonchev–Trinajstić information content (AvgIpc) is 2.06. The first kappa shape index (κ1) is 12.7. The molecule has 0 spiro atoms. The van der Waals surface area contributed by atoms with Gasteiger partial charge in [0.2, 0.25) is 0 Å². The van der Waals surface area contributed by atoms with E-state index < -0.39 is 12.6 Å². The molecule has 1 N–H and O–H groups in total. The molecule has 0 aromatic rings. The lowest BCUT2D eigenvalue weighted by Gasteiger charge is -2.27. The number of hydrogen-bond donors (Lipinski definition) is 1. The number of nitrogens with one attached hydrogen (secondary N) is 1. The SMILES string of the molecule is CC1(C)CN=C(NCCC(F)(F)F)SC1. The van der Waals surface area contributed by atoms with Crippen LogP contribution in [0, 0.1) is 5.41 Å². The van der Waals surface area contributed by atoms with Gasteiger partial charge in [0.15, 0.2) is 5.17 Å². The van der Waals surface area contributed by atoms with Gasteiger partial charge in [0.1, 0.15) is 0 Å². The van der Waals surface area contributed by atoms with E-state index in [1.165, 1.54) is 11.8 Å². The minimum atomic E-state index is -4.09. The van der Waals surface area contributed by atoms with E-state index in [2.05, 4.69) is 24.2 Å². The maximum atomic E-state index is 11.8. The summed E-state index contributed by atoms with van der Waals surface area (Å²) in [6.07, 6.45) is -4.90. The number of hydrogen-bond acceptors (Lipinski definition) is 3. The summed E-state index contributed by atoms with van der Waals surface area (Å²) in [4.78, 5) is 4.20. The van der Waals surface area contributed by atoms with Crippen LogP contribution in [0.2, 0.25) is 0 Å². The summed E-state index contributed by atoms with van der Waals surface area (Å²) < 4.78 is 35.5. The zero-order valence-corrected chi connectivity index (χ0v) is 9.63. The van der Waals surface area contributed by atoms with E-state index in [-0.39, 0.29) is 12.0 Å². The van der Waals surface area contributed by atoms with Crippen molar-refractivity contribution in [3.63, 3.8) is 0 Å². The summed E-state index contributed by atoms with van der Waals surface area (Å²) >= 11 is 1.49. The third-order valence-electron chi connectivity index (χ3n) is 1.94. The van der Waals surface area contributed by atoms with Crippen LogP contribution in [0.1, 0.15) is 20.3 Å². The predicted molar refractivity (Wildman–Crippen MR) is 57.2 cm³/mol. The van der Waals surface area contributed by atoms with Gasteiger partial charge in [-0.25, -0.2) is 0 Å². The fourth-order valence-electron chi connectivity index (χ4n) is 1.06. The molecular formula is C9H15F3N2S. The summed E-state index contributed by atoms with van der Waals surface area (Å²) in [6.45, 7) is 4.77. The smallest absolute Gasteiger partial charge is 0.365 e. The molecule has 6 heteroatoms. The quantitative estimate of drug-likeness (QED) is 0.802. The van der Waals surface area contributed by atoms with Gasteiger partial charge in [-0.15, -0.1) is 0 Å². The van der Waals surface area contributed by atoms with E-state index in [0.717, 1.165) is 5.75 Å². The van der Waals surface area contributed by atoms with Crippen LogP contribution >= 0.6 is 11.8 Å². The van der Waals surface area contributed by atoms with Crippen LogP contribution in [0.15, 0.2) is 4.99 Å². The molecule has 1 aliphatic heterocycles. The summed E-state index contributed by atoms with van der Waals surface area (Å²) in [5, 5.41) is 3.35. The number of rotatable bonds is 2. The molecule has 0 radical (unpaired) electrons. The van der Waals surface area contributed by atoms with E-state index in [1.54, 1.807) is 0 Å². The molecule has 0 fully saturated rings. The van der Waals surface area contributed by atoms with Crippen molar-refractivity contribution in [3.05, 3.63) is 0 Å². The summed E-state index contributed by atoms with van der Waals surface area (Å²) in [7, 11) is 0. The third-order valence-corrected chi connectivity index (χ3v) is 3.41. The summed E-state index contributed by atoms with van der Waals surface area (Å²) in [6, 6.07) is 0. The van der Waals surface area contributed by atoms with Crippen LogP contribution in [0.5, 0.6) is 0 Å². The van der Waals surface area contributed by atoms with Gasteiger partial charge in [-0.1, -0.05) is 25.6 Å². The zero-order valence-electron chi connectivity index (χ0n) is 8.82. The lowest BCUT2D eigenvalue weighted by atomic mass is 9.97. The summed E-state index contributed by atoms with van der Waals surface area (Å²) in [5.74, 6) is 0.894. The molecule has 1 aliphatic rings. The number of amidine groups is 1. The van der Waals surface area contributed by atoms with E-state index in [1.807, 2.05) is 0 Å². The molecule has 1 rings (SSSR count). The minimum Gasteiger partial charge on any atom is -0.365 e. The van der Waals surface area contributed by atoms with Gasteiger partial charge in [0, 0.05) is 18.8 Å². The van der Waals surface area contributed by atoms with Crippen LogP contribution in [0.25, 0.3) is 0 Å². The standard InChI is InChI=1S/C9H15F3N2S/c1-8(2)5-14-7(15-6-8)13-4-3-9(10,11)12/h3-6H2,1-2H3,(H,13,14). The van der Waals surface area contributed by atoms with Crippen LogP contribution < -0.4 is 5.32 Å². The molecule has 0 aromatic carbocycles. The van der Waals surface area contributed by atoms with Gasteiger partial charge in [-0.3, -0.25) is 4.99 Å². The molecule has 0 atom stereocenters. The Morgan fingerprint density at radius 2 is 2.13 bits per heavy atom. The molecule has 0 saturated carbocycles. The third kappa shape index (κ3) is 5.30. The van der Waals surface area contributed by atoms with Crippen LogP contribution in [-0.2, 0) is 0 Å². The topological polar surface area (TPSA) is 24.4 Å². The van der Waals surface area contributed by atoms with Gasteiger partial charge < -0.3 is 5.32 Å². The molecule has 88 valence electrons. The molecule has 2 nitrogen and oxygen atoms in total. The van der Waals surface area contributed by atoms with Gasteiger partial charge >= 0.3 is 6.18 Å². The van der Waals surface area contributed by atoms with Crippen molar-refractivity contribution >= 4 is 16.9 Å². The first-order chi connectivity index (χ1) is 6.79. The molecule has 1 heterocycles. The van der Waals surface area contributed by atoms with Crippen LogP contribution in [0.3, 0.4) is 0 Å². The van der Waals surface area contributed by atoms with Crippen LogP contribution in [0.4, 0.5) is 13.2 Å². The first-order valence-corrected chi connectivity index (χ1v) is 5.75. The van der Waals surface area contributed by atoms with E-state index >= 15 is 0 Å². The van der Waals surface area contributed by atoms with Crippen molar-refractivity contribution < 1.29 is 13.2 Å². The maximum Gasteiger partial charge on any atom is 0.390 e. The van der Waals surface area contributed by atoms with Crippen molar-refractivity contribution in [2.75, 3.05) is 18.8 Å². The zero-order chi connectivity index (χ0) is 11.5. The fourth-order valence-corrected chi connectivity index (χ4v) is 2.04. The lowest BCUT2D eigenvalue weighted by Crippen LogP contribution is -2.33. The van der Waals surface area contributed by atoms with E-state index in [0.29, 0.717) is 11.7 Å². The highest BCUT2D eigenvalue weighted by atomic mass is 32.2. The second-order valence-electron chi connectivity index (χ2n) is 4.37. The van der Waals surface area contributed by atoms with Gasteiger partial charge in [0.25, 0.3) is 0 Å². The van der Waals surface area contributed by atoms with Gasteiger partial charge in [-0.05, 0) is 5.41 Å². The van der Waals surface area contributed by atoms with Crippen LogP contribution in [-0.4, -0.2) is 30.2 Å². The molecule has 0 bridgehead atoms. The Morgan fingerprint density at radius 1 is 1.47 bits per heavy atom. The van der Waals surface area contributed by atoms with E-state index in [9.17, 15) is 13.2 Å². The number of thioether (sulfide) groups is 1. The largest absolute Gasteiger partial charge is 0.390 e. The molecule has 15 heavy (non-hydrogen) atoms. The van der Waals surface area contributed by atoms with Crippen molar-refractivity contribution in [1.29, 1.82) is 0 Å². The Labute approximate surface area is 91.7 Å². The van der Waals surface area contributed by atoms with Crippen molar-refractivity contribution in [2.45, 2.75) is 26.4 Å². The minimum absolute atomic E-state index is 0.0875. The molecule has 0 unspecified atom stereocenters. The highest BCUT2D eigenvalue weighted by Crippen LogP contribution is 2.27. The lowest BCUT2D eigenvalue weighted by molar-refractivity contribution is -0.132. The number of nitrogens with zero attached hydrogens (tertiary/aromatic N) is 1. The van der Waals surface area contributed by atoms with Crippen molar-refractivity contribution in [1.82, 2.24) is 5.32 Å². The molecular weight excluding hydrogens is 225 g/mol. The first-order valence-electron chi connectivity index (χ1n) is 4.76. The van der Waals surface area contributed by atoms with E-state index in [4.69, 9.17) is 0 Å². The molecule has 0 amide bonds. The average molecular weight is 240 g/mol. The normalized spacial score (nSPS) is 21.0. The number of aliphatic imine (C=N–C) groups is 1. The Bertz CT molecular complexity index is 248. The molecule has 0 aliphatic carbocycles. The van der Waals surface area contributed by atoms with Gasteiger partial charge in [-0.2, -0.15) is 13.2 Å². The van der Waals surface area contributed by atoms with Crippen molar-refractivity contribution in [2.24, 2.45) is 10.4 Å². The summed E-state index contributed by atoms with van der Waals surface area (Å²) in [5.41, 5.74) is 0.153.